The summed E-state index contributed by atoms with van der Waals surface area (Å²) in [5.74, 6) is -0.945. The van der Waals surface area contributed by atoms with E-state index in [0.29, 0.717) is 59.1 Å². The molecular weight excluding hydrogens is 975 g/mol. The Bertz CT molecular complexity index is 2200. The van der Waals surface area contributed by atoms with Crippen molar-refractivity contribution in [3.8, 4) is 10.4 Å². The lowest BCUT2D eigenvalue weighted by atomic mass is 9.65. The standard InChI is InChI=1S/C54H79N5O14S/c1-34-25-39-10-7-35(2)43(14-13-42-27-40(60)29-47(63)72-42)48(39)45(26-34)73-53(66)55-15-16-67-17-18-68-19-20-69-21-22-70-23-24-71-32-46(62)58-50(54(4,5)6)52(65)59-31-41(61)28-44(59)51(64)56-30-37-8-11-38(12-9-37)49-36(3)57-33-74-49/h7-12,25,33-35,40-45,48,50,60-61H,13-24,26-32H2,1-6H3,(H,55,66)(H,56,64)(H,58,62)/t34-,35-,40+,41+,42+,43-,44-,45-,48-,50+/m0/s1. The van der Waals surface area contributed by atoms with Crippen molar-refractivity contribution >= 4 is 41.1 Å². The van der Waals surface area contributed by atoms with Crippen LogP contribution in [0.5, 0.6) is 0 Å². The number of β-amino-alcohol motifs (C(OH)–C–C–N with tert-alkyl or cyclic N) is 1. The first-order valence-corrected chi connectivity index (χ1v) is 27.0. The van der Waals surface area contributed by atoms with Gasteiger partial charge in [-0.05, 0) is 66.1 Å². The second-order valence-electron chi connectivity index (χ2n) is 20.9. The highest BCUT2D eigenvalue weighted by Crippen LogP contribution is 2.45. The fourth-order valence-corrected chi connectivity index (χ4v) is 10.9. The number of nitrogens with zero attached hydrogens (tertiary/aromatic N) is 2. The topological polar surface area (TPSA) is 243 Å². The molecule has 3 heterocycles. The van der Waals surface area contributed by atoms with Crippen molar-refractivity contribution in [3.05, 3.63) is 64.8 Å². The molecule has 6 rings (SSSR count). The molecule has 0 radical (unpaired) electrons. The van der Waals surface area contributed by atoms with Crippen molar-refractivity contribution in [1.82, 2.24) is 25.8 Å². The molecule has 1 aromatic carbocycles. The number of benzene rings is 1. The zero-order chi connectivity index (χ0) is 53.2. The van der Waals surface area contributed by atoms with Gasteiger partial charge >= 0.3 is 12.1 Å². The van der Waals surface area contributed by atoms with Crippen molar-refractivity contribution in [2.24, 2.45) is 29.1 Å². The molecule has 0 saturated carbocycles. The van der Waals surface area contributed by atoms with E-state index in [1.807, 2.05) is 57.5 Å². The fourth-order valence-electron chi connectivity index (χ4n) is 10.1. The van der Waals surface area contributed by atoms with Crippen LogP contribution in [0.1, 0.15) is 84.4 Å². The zero-order valence-electron chi connectivity index (χ0n) is 43.9. The van der Waals surface area contributed by atoms with E-state index >= 15 is 0 Å². The van der Waals surface area contributed by atoms with Gasteiger partial charge in [0, 0.05) is 38.4 Å². The number of likely N-dealkylation sites (tertiary alicyclic amines) is 1. The molecule has 2 fully saturated rings. The van der Waals surface area contributed by atoms with E-state index in [1.165, 1.54) is 10.5 Å². The van der Waals surface area contributed by atoms with Gasteiger partial charge in [-0.15, -0.1) is 11.3 Å². The van der Waals surface area contributed by atoms with Gasteiger partial charge in [0.05, 0.1) is 94.2 Å². The minimum Gasteiger partial charge on any atom is -0.462 e. The van der Waals surface area contributed by atoms with Gasteiger partial charge < -0.3 is 64.2 Å². The molecule has 1 aromatic heterocycles. The van der Waals surface area contributed by atoms with Gasteiger partial charge in [0.1, 0.15) is 30.9 Å². The predicted molar refractivity (Wildman–Crippen MR) is 276 cm³/mol. The number of amides is 4. The second kappa shape index (κ2) is 28.9. The highest BCUT2D eigenvalue weighted by atomic mass is 32.1. The molecule has 410 valence electrons. The number of carbonyl (C=O) groups is 5. The Kier molecular flexibility index (Phi) is 22.8. The minimum atomic E-state index is -0.975. The molecule has 4 aliphatic rings. The first-order valence-electron chi connectivity index (χ1n) is 26.1. The molecule has 2 saturated heterocycles. The van der Waals surface area contributed by atoms with Gasteiger partial charge in [0.2, 0.25) is 17.7 Å². The molecule has 20 heteroatoms. The molecule has 0 unspecified atom stereocenters. The van der Waals surface area contributed by atoms with Crippen LogP contribution in [0.25, 0.3) is 10.4 Å². The summed E-state index contributed by atoms with van der Waals surface area (Å²) in [6.45, 7) is 14.6. The van der Waals surface area contributed by atoms with Gasteiger partial charge in [-0.3, -0.25) is 19.2 Å². The molecule has 2 aliphatic carbocycles. The first-order chi connectivity index (χ1) is 35.5. The summed E-state index contributed by atoms with van der Waals surface area (Å²) in [6.07, 6.45) is 6.72. The summed E-state index contributed by atoms with van der Waals surface area (Å²) in [4.78, 5) is 71.9. The summed E-state index contributed by atoms with van der Waals surface area (Å²) in [7, 11) is 0. The van der Waals surface area contributed by atoms with Crippen molar-refractivity contribution in [1.29, 1.82) is 0 Å². The third kappa shape index (κ3) is 17.9. The lowest BCUT2D eigenvalue weighted by molar-refractivity contribution is -0.160. The summed E-state index contributed by atoms with van der Waals surface area (Å²) in [5, 5.41) is 29.1. The molecule has 74 heavy (non-hydrogen) atoms. The Morgan fingerprint density at radius 3 is 2.16 bits per heavy atom. The number of nitrogens with one attached hydrogen (secondary N) is 3. The largest absolute Gasteiger partial charge is 0.462 e. The second-order valence-corrected chi connectivity index (χ2v) is 21.7. The van der Waals surface area contributed by atoms with Gasteiger partial charge in [0.25, 0.3) is 0 Å². The Hall–Kier alpha value is -4.80. The lowest BCUT2D eigenvalue weighted by Gasteiger charge is -2.43. The maximum atomic E-state index is 13.9. The lowest BCUT2D eigenvalue weighted by Crippen LogP contribution is -2.58. The van der Waals surface area contributed by atoms with Crippen molar-refractivity contribution in [3.63, 3.8) is 0 Å². The number of aliphatic hydroxyl groups is 2. The number of aryl methyl sites for hydroxylation is 1. The third-order valence-electron chi connectivity index (χ3n) is 13.9. The molecule has 5 N–H and O–H groups in total. The molecule has 10 atom stereocenters. The van der Waals surface area contributed by atoms with E-state index < -0.39 is 47.6 Å². The zero-order valence-corrected chi connectivity index (χ0v) is 44.7. The normalized spacial score (nSPS) is 25.1. The number of aromatic nitrogens is 1. The van der Waals surface area contributed by atoms with Gasteiger partial charge in [-0.25, -0.2) is 9.78 Å². The van der Waals surface area contributed by atoms with E-state index in [4.69, 9.17) is 33.2 Å². The van der Waals surface area contributed by atoms with Crippen molar-refractivity contribution in [2.75, 3.05) is 79.2 Å². The van der Waals surface area contributed by atoms with Crippen LogP contribution in [0.4, 0.5) is 4.79 Å². The number of aliphatic hydroxyl groups excluding tert-OH is 2. The quantitative estimate of drug-likeness (QED) is 0.0604. The number of fused-ring (bicyclic) bond motifs is 1. The van der Waals surface area contributed by atoms with Gasteiger partial charge in [0.15, 0.2) is 0 Å². The van der Waals surface area contributed by atoms with Crippen LogP contribution in [0.2, 0.25) is 0 Å². The number of ether oxygens (including phenoxy) is 7. The van der Waals surface area contributed by atoms with Gasteiger partial charge in [-0.2, -0.15) is 0 Å². The number of alkyl carbamates (subject to hydrolysis) is 1. The van der Waals surface area contributed by atoms with Crippen LogP contribution in [0.15, 0.2) is 53.6 Å². The molecular formula is C54H79N5O14S. The summed E-state index contributed by atoms with van der Waals surface area (Å²) in [5.41, 5.74) is 5.17. The Morgan fingerprint density at radius 2 is 1.53 bits per heavy atom. The smallest absolute Gasteiger partial charge is 0.407 e. The van der Waals surface area contributed by atoms with Crippen LogP contribution in [-0.4, -0.2) is 166 Å². The summed E-state index contributed by atoms with van der Waals surface area (Å²) >= 11 is 1.57. The van der Waals surface area contributed by atoms with Crippen LogP contribution < -0.4 is 16.0 Å². The maximum absolute atomic E-state index is 13.9. The summed E-state index contributed by atoms with van der Waals surface area (Å²) < 4.78 is 39.4. The third-order valence-corrected chi connectivity index (χ3v) is 14.8. The monoisotopic (exact) mass is 1050 g/mol. The maximum Gasteiger partial charge on any atom is 0.407 e. The average molecular weight is 1050 g/mol. The molecule has 19 nitrogen and oxygen atoms in total. The van der Waals surface area contributed by atoms with Crippen molar-refractivity contribution < 1.29 is 67.3 Å². The van der Waals surface area contributed by atoms with Crippen LogP contribution in [-0.2, 0) is 58.9 Å². The fraction of sp³-hybridized carbons (Fsp3) is 0.667. The molecule has 0 spiro atoms. The van der Waals surface area contributed by atoms with Crippen LogP contribution >= 0.6 is 11.3 Å². The minimum absolute atomic E-state index is 0.0248. The Labute approximate surface area is 439 Å². The van der Waals surface area contributed by atoms with E-state index in [2.05, 4.69) is 53.0 Å². The number of allylic oxidation sites excluding steroid dienone is 3. The van der Waals surface area contributed by atoms with E-state index in [9.17, 15) is 34.2 Å². The predicted octanol–water partition coefficient (Wildman–Crippen LogP) is 4.66. The van der Waals surface area contributed by atoms with E-state index in [-0.39, 0.29) is 100 Å². The Morgan fingerprint density at radius 1 is 0.865 bits per heavy atom. The molecule has 2 aliphatic heterocycles. The molecule has 2 aromatic rings. The Balaban J connectivity index is 0.766. The van der Waals surface area contributed by atoms with Crippen LogP contribution in [0.3, 0.4) is 0 Å². The number of cyclic esters (lactones) is 1. The number of hydrogen-bond donors (Lipinski definition) is 5. The number of thiazole rings is 1. The average Bonchev–Trinajstić information content (AvgIpc) is 3.97. The van der Waals surface area contributed by atoms with Gasteiger partial charge in [-0.1, -0.05) is 77.1 Å². The SMILES string of the molecule is Cc1ncsc1-c1ccc(CNC(=O)[C@@H]2C[C@@H](O)CN2C(=O)[C@@H](NC(=O)COCCOCCOCCOCCOCCNC(=O)O[C@H]2C[C@@H](C)C=C3C=C[C@H](C)[C@H](CC[C@@H]4C[C@@H](O)CC(=O)O4)[C@H]32)C(C)(C)C)cc1. The van der Waals surface area contributed by atoms with E-state index in [0.717, 1.165) is 34.5 Å². The highest BCUT2D eigenvalue weighted by molar-refractivity contribution is 7.13. The van der Waals surface area contributed by atoms with Crippen molar-refractivity contribution in [2.45, 2.75) is 123 Å². The molecule has 0 bridgehead atoms. The number of hydrogen-bond acceptors (Lipinski definition) is 16. The number of rotatable bonds is 27. The van der Waals surface area contributed by atoms with E-state index in [1.54, 1.807) is 11.3 Å². The highest BCUT2D eigenvalue weighted by Gasteiger charge is 2.45. The number of carbonyl (C=O) groups excluding carboxylic acids is 5. The summed E-state index contributed by atoms with van der Waals surface area (Å²) in [6, 6.07) is 5.97. The number of esters is 1. The first kappa shape index (κ1) is 58.5. The van der Waals surface area contributed by atoms with Crippen LogP contribution in [0, 0.1) is 36.0 Å². The molecule has 4 amide bonds.